The molecule has 4 amide bonds. The molecule has 3 N–H and O–H groups in total. The Morgan fingerprint density at radius 3 is 2.68 bits per heavy atom. The Morgan fingerprint density at radius 2 is 2.07 bits per heavy atom. The maximum atomic E-state index is 12.2. The number of hydrogen-bond acceptors (Lipinski definition) is 7. The smallest absolute Gasteiger partial charge is 0.322 e. The first-order valence-electron chi connectivity index (χ1n) is 8.99. The highest BCUT2D eigenvalue weighted by molar-refractivity contribution is 6.04. The van der Waals surface area contributed by atoms with Gasteiger partial charge in [0, 0.05) is 25.7 Å². The maximum Gasteiger partial charge on any atom is 0.322 e. The van der Waals surface area contributed by atoms with Crippen LogP contribution in [0.4, 0.5) is 16.3 Å². The number of nitrogens with zero attached hydrogens (tertiary/aromatic N) is 5. The van der Waals surface area contributed by atoms with Crippen LogP contribution in [0.2, 0.25) is 0 Å². The Balaban J connectivity index is 1.53. The van der Waals surface area contributed by atoms with Gasteiger partial charge in [0.2, 0.25) is 5.91 Å². The molecular weight excluding hydrogens is 364 g/mol. The van der Waals surface area contributed by atoms with Crippen LogP contribution in [0.1, 0.15) is 19.5 Å². The quantitative estimate of drug-likeness (QED) is 0.540. The predicted octanol–water partition coefficient (Wildman–Crippen LogP) is -0.0915. The van der Waals surface area contributed by atoms with E-state index in [0.717, 1.165) is 18.9 Å². The number of pyridine rings is 1. The van der Waals surface area contributed by atoms with Crippen LogP contribution in [0, 0.1) is 0 Å². The van der Waals surface area contributed by atoms with E-state index < -0.39 is 18.0 Å². The van der Waals surface area contributed by atoms with Crippen LogP contribution < -0.4 is 20.9 Å². The van der Waals surface area contributed by atoms with Crippen molar-refractivity contribution < 1.29 is 14.4 Å². The maximum absolute atomic E-state index is 12.2. The molecular formula is C17H22N8O3. The van der Waals surface area contributed by atoms with Gasteiger partial charge in [-0.3, -0.25) is 14.9 Å². The molecule has 0 spiro atoms. The van der Waals surface area contributed by atoms with Crippen molar-refractivity contribution in [3.8, 4) is 0 Å². The van der Waals surface area contributed by atoms with Crippen LogP contribution in [0.25, 0.3) is 0 Å². The highest BCUT2D eigenvalue weighted by Gasteiger charge is 2.30. The molecule has 0 radical (unpaired) electrons. The summed E-state index contributed by atoms with van der Waals surface area (Å²) in [6.07, 6.45) is 3.38. The van der Waals surface area contributed by atoms with Gasteiger partial charge in [-0.25, -0.2) is 14.5 Å². The molecule has 1 fully saturated rings. The fourth-order valence-corrected chi connectivity index (χ4v) is 2.86. The molecule has 1 unspecified atom stereocenters. The summed E-state index contributed by atoms with van der Waals surface area (Å²) >= 11 is 0. The highest BCUT2D eigenvalue weighted by Crippen LogP contribution is 2.14. The number of amides is 4. The van der Waals surface area contributed by atoms with Gasteiger partial charge in [-0.2, -0.15) is 0 Å². The lowest BCUT2D eigenvalue weighted by molar-refractivity contribution is -0.120. The third-order valence-electron chi connectivity index (χ3n) is 4.28. The normalized spacial score (nSPS) is 15.9. The molecule has 0 bridgehead atoms. The van der Waals surface area contributed by atoms with Gasteiger partial charge in [-0.15, -0.1) is 5.10 Å². The van der Waals surface area contributed by atoms with Gasteiger partial charge in [0.15, 0.2) is 0 Å². The van der Waals surface area contributed by atoms with E-state index in [4.69, 9.17) is 0 Å². The largest absolute Gasteiger partial charge is 0.357 e. The Bertz CT molecular complexity index is 860. The molecule has 1 saturated heterocycles. The number of aromatic nitrogens is 4. The van der Waals surface area contributed by atoms with Crippen molar-refractivity contribution >= 4 is 29.4 Å². The fourth-order valence-electron chi connectivity index (χ4n) is 2.86. The van der Waals surface area contributed by atoms with Gasteiger partial charge in [0.05, 0.1) is 17.6 Å². The summed E-state index contributed by atoms with van der Waals surface area (Å²) in [4.78, 5) is 41.4. The number of carbonyl (C=O) groups is 3. The van der Waals surface area contributed by atoms with Crippen LogP contribution in [0.5, 0.6) is 0 Å². The number of imide groups is 1. The van der Waals surface area contributed by atoms with Crippen molar-refractivity contribution in [2.75, 3.05) is 23.3 Å². The second kappa shape index (κ2) is 8.46. The molecule has 2 aromatic rings. The minimum Gasteiger partial charge on any atom is -0.357 e. The van der Waals surface area contributed by atoms with E-state index in [2.05, 4.69) is 50.0 Å². The summed E-state index contributed by atoms with van der Waals surface area (Å²) < 4.78 is 1.37. The summed E-state index contributed by atoms with van der Waals surface area (Å²) in [6.45, 7) is 5.79. The minimum atomic E-state index is -0.679. The van der Waals surface area contributed by atoms with E-state index in [1.54, 1.807) is 18.5 Å². The fraction of sp³-hybridized carbons (Fsp3) is 0.412. The van der Waals surface area contributed by atoms with Gasteiger partial charge in [0.1, 0.15) is 18.4 Å². The Labute approximate surface area is 161 Å². The molecule has 0 aromatic carbocycles. The molecule has 2 aromatic heterocycles. The van der Waals surface area contributed by atoms with E-state index in [-0.39, 0.29) is 18.9 Å². The zero-order valence-corrected chi connectivity index (χ0v) is 15.7. The molecule has 148 valence electrons. The van der Waals surface area contributed by atoms with Crippen LogP contribution >= 0.6 is 0 Å². The van der Waals surface area contributed by atoms with E-state index in [1.165, 1.54) is 4.68 Å². The first-order chi connectivity index (χ1) is 13.5. The minimum absolute atomic E-state index is 0.0337. The van der Waals surface area contributed by atoms with Crippen molar-refractivity contribution in [1.82, 2.24) is 30.6 Å². The first-order valence-corrected chi connectivity index (χ1v) is 8.99. The number of urea groups is 1. The number of hydrogen-bond donors (Lipinski definition) is 3. The molecule has 1 aliphatic rings. The lowest BCUT2D eigenvalue weighted by Crippen LogP contribution is -2.31. The molecule has 0 aliphatic carbocycles. The Hall–Kier alpha value is -3.50. The second-order valence-corrected chi connectivity index (χ2v) is 6.25. The molecule has 3 rings (SSSR count). The van der Waals surface area contributed by atoms with Crippen LogP contribution in [0.3, 0.4) is 0 Å². The van der Waals surface area contributed by atoms with Gasteiger partial charge >= 0.3 is 6.03 Å². The molecule has 28 heavy (non-hydrogen) atoms. The third-order valence-corrected chi connectivity index (χ3v) is 4.28. The van der Waals surface area contributed by atoms with Gasteiger partial charge in [-0.1, -0.05) is 5.21 Å². The monoisotopic (exact) mass is 386 g/mol. The summed E-state index contributed by atoms with van der Waals surface area (Å²) in [5, 5.41) is 15.2. The zero-order chi connectivity index (χ0) is 20.1. The van der Waals surface area contributed by atoms with E-state index in [9.17, 15) is 14.4 Å². The van der Waals surface area contributed by atoms with E-state index >= 15 is 0 Å². The van der Waals surface area contributed by atoms with Crippen LogP contribution in [0.15, 0.2) is 24.5 Å². The summed E-state index contributed by atoms with van der Waals surface area (Å²) in [6, 6.07) is 2.45. The number of rotatable bonds is 8. The van der Waals surface area contributed by atoms with Crippen LogP contribution in [-0.2, 0) is 22.6 Å². The molecule has 11 heteroatoms. The van der Waals surface area contributed by atoms with E-state index in [1.807, 2.05) is 6.07 Å². The van der Waals surface area contributed by atoms with Gasteiger partial charge < -0.3 is 15.5 Å². The molecule has 0 saturated carbocycles. The number of nitrogens with one attached hydrogen (secondary N) is 3. The first kappa shape index (κ1) is 19.3. The van der Waals surface area contributed by atoms with Crippen molar-refractivity contribution in [1.29, 1.82) is 0 Å². The Kier molecular flexibility index (Phi) is 5.82. The predicted molar refractivity (Wildman–Crippen MR) is 101 cm³/mol. The van der Waals surface area contributed by atoms with Crippen molar-refractivity contribution in [3.63, 3.8) is 0 Å². The lowest BCUT2D eigenvalue weighted by atomic mass is 10.2. The summed E-state index contributed by atoms with van der Waals surface area (Å²) in [5.41, 5.74) is 1.09. The van der Waals surface area contributed by atoms with Crippen LogP contribution in [-0.4, -0.2) is 57.0 Å². The summed E-state index contributed by atoms with van der Waals surface area (Å²) in [5.74, 6) is 0.172. The Morgan fingerprint density at radius 1 is 1.29 bits per heavy atom. The second-order valence-electron chi connectivity index (χ2n) is 6.25. The average molecular weight is 386 g/mol. The molecule has 1 atom stereocenters. The number of anilines is 2. The molecule has 1 aliphatic heterocycles. The third kappa shape index (κ3) is 4.61. The summed E-state index contributed by atoms with van der Waals surface area (Å²) in [7, 11) is 0. The average Bonchev–Trinajstić information content (AvgIpc) is 3.23. The van der Waals surface area contributed by atoms with Crippen molar-refractivity contribution in [2.24, 2.45) is 0 Å². The highest BCUT2D eigenvalue weighted by atomic mass is 16.2. The van der Waals surface area contributed by atoms with Gasteiger partial charge in [0.25, 0.3) is 5.91 Å². The number of carbonyl (C=O) groups excluding carboxylic acids is 3. The van der Waals surface area contributed by atoms with Crippen molar-refractivity contribution in [2.45, 2.75) is 32.9 Å². The topological polar surface area (TPSA) is 134 Å². The molecule has 3 heterocycles. The SMILES string of the molecule is CCN(CC)c1ccc(NC(=O)Cn2cc(CC3NC(=O)NC3=O)nn2)cn1. The van der Waals surface area contributed by atoms with Gasteiger partial charge in [-0.05, 0) is 26.0 Å². The standard InChI is InChI=1S/C17H22N8O3/c1-3-24(4-2)14-6-5-11(8-18-14)19-15(26)10-25-9-12(22-23-25)7-13-16(27)21-17(28)20-13/h5-6,8-9,13H,3-4,7,10H2,1-2H3,(H,19,26)(H2,20,21,27,28). The molecule has 11 nitrogen and oxygen atoms in total. The lowest BCUT2D eigenvalue weighted by Gasteiger charge is -2.19. The zero-order valence-electron chi connectivity index (χ0n) is 15.7. The van der Waals surface area contributed by atoms with Crippen molar-refractivity contribution in [3.05, 3.63) is 30.2 Å². The van der Waals surface area contributed by atoms with E-state index in [0.29, 0.717) is 11.4 Å².